The second kappa shape index (κ2) is 5.53. The maximum Gasteiger partial charge on any atom is 0.257 e. The molecule has 1 heterocycles. The fourth-order valence-corrected chi connectivity index (χ4v) is 2.02. The third-order valence-corrected chi connectivity index (χ3v) is 3.09. The van der Waals surface area contributed by atoms with Crippen molar-refractivity contribution in [3.05, 3.63) is 29.8 Å². The highest BCUT2D eigenvalue weighted by molar-refractivity contribution is 5.97. The molecular formula is C13H16N2O3. The zero-order valence-electron chi connectivity index (χ0n) is 10.3. The number of carbonyl (C=O) groups excluding carboxylic acids is 2. The Balaban J connectivity index is 2.10. The highest BCUT2D eigenvalue weighted by atomic mass is 16.5. The predicted octanol–water partition coefficient (Wildman–Crippen LogP) is 0.609. The number of methoxy groups -OCH3 is 1. The third-order valence-electron chi connectivity index (χ3n) is 3.09. The summed E-state index contributed by atoms with van der Waals surface area (Å²) in [7, 11) is 1.55. The molecule has 0 atom stereocenters. The lowest BCUT2D eigenvalue weighted by molar-refractivity contribution is -0.119. The molecule has 1 aromatic rings. The van der Waals surface area contributed by atoms with Crippen molar-refractivity contribution in [2.75, 3.05) is 33.3 Å². The van der Waals surface area contributed by atoms with E-state index in [1.54, 1.807) is 29.0 Å². The molecule has 0 aliphatic carbocycles. The molecule has 18 heavy (non-hydrogen) atoms. The standard InChI is InChI=1S/C13H16N2O3/c1-18-12-5-3-2-4-11(12)13(17)15-8-6-14(10-16)7-9-15/h2-5,10H,6-9H2,1H3. The molecule has 1 aliphatic heterocycles. The van der Waals surface area contributed by atoms with E-state index in [9.17, 15) is 9.59 Å². The summed E-state index contributed by atoms with van der Waals surface area (Å²) in [5, 5.41) is 0. The monoisotopic (exact) mass is 248 g/mol. The van der Waals surface area contributed by atoms with E-state index in [4.69, 9.17) is 4.74 Å². The Labute approximate surface area is 106 Å². The van der Waals surface area contributed by atoms with E-state index in [2.05, 4.69) is 0 Å². The lowest BCUT2D eigenvalue weighted by atomic mass is 10.1. The van der Waals surface area contributed by atoms with Crippen LogP contribution in [-0.2, 0) is 4.79 Å². The minimum Gasteiger partial charge on any atom is -0.496 e. The van der Waals surface area contributed by atoms with Crippen LogP contribution in [0.4, 0.5) is 0 Å². The van der Waals surface area contributed by atoms with Crippen molar-refractivity contribution in [2.45, 2.75) is 0 Å². The zero-order valence-corrected chi connectivity index (χ0v) is 10.3. The maximum atomic E-state index is 12.3. The van der Waals surface area contributed by atoms with Gasteiger partial charge >= 0.3 is 0 Å². The summed E-state index contributed by atoms with van der Waals surface area (Å²) in [5.41, 5.74) is 0.569. The van der Waals surface area contributed by atoms with Gasteiger partial charge in [0.15, 0.2) is 0 Å². The summed E-state index contributed by atoms with van der Waals surface area (Å²) in [4.78, 5) is 26.3. The molecule has 5 heteroatoms. The maximum absolute atomic E-state index is 12.3. The van der Waals surface area contributed by atoms with Gasteiger partial charge in [0, 0.05) is 26.2 Å². The summed E-state index contributed by atoms with van der Waals surface area (Å²) in [6.45, 7) is 2.31. The van der Waals surface area contributed by atoms with Crippen LogP contribution >= 0.6 is 0 Å². The molecule has 96 valence electrons. The van der Waals surface area contributed by atoms with Gasteiger partial charge in [-0.2, -0.15) is 0 Å². The lowest BCUT2D eigenvalue weighted by Gasteiger charge is -2.32. The molecule has 1 aromatic carbocycles. The predicted molar refractivity (Wildman–Crippen MR) is 66.5 cm³/mol. The normalized spacial score (nSPS) is 15.4. The molecule has 0 aromatic heterocycles. The van der Waals surface area contributed by atoms with Crippen molar-refractivity contribution in [3.8, 4) is 5.75 Å². The van der Waals surface area contributed by atoms with Gasteiger partial charge in [-0.25, -0.2) is 0 Å². The molecule has 2 rings (SSSR count). The van der Waals surface area contributed by atoms with Crippen LogP contribution in [0.25, 0.3) is 0 Å². The summed E-state index contributed by atoms with van der Waals surface area (Å²) in [5.74, 6) is 0.540. The van der Waals surface area contributed by atoms with Crippen LogP contribution in [0.2, 0.25) is 0 Å². The number of hydrogen-bond donors (Lipinski definition) is 0. The SMILES string of the molecule is COc1ccccc1C(=O)N1CCN(C=O)CC1. The van der Waals surface area contributed by atoms with Gasteiger partial charge in [-0.15, -0.1) is 0 Å². The number of para-hydroxylation sites is 1. The number of amides is 2. The second-order valence-corrected chi connectivity index (χ2v) is 4.13. The summed E-state index contributed by atoms with van der Waals surface area (Å²) < 4.78 is 5.19. The zero-order chi connectivity index (χ0) is 13.0. The van der Waals surface area contributed by atoms with Gasteiger partial charge in [-0.3, -0.25) is 9.59 Å². The number of rotatable bonds is 3. The van der Waals surface area contributed by atoms with E-state index in [-0.39, 0.29) is 5.91 Å². The van der Waals surface area contributed by atoms with Gasteiger partial charge < -0.3 is 14.5 Å². The molecule has 0 unspecified atom stereocenters. The van der Waals surface area contributed by atoms with Crippen LogP contribution in [0.1, 0.15) is 10.4 Å². The van der Waals surface area contributed by atoms with Gasteiger partial charge in [0.2, 0.25) is 6.41 Å². The number of benzene rings is 1. The van der Waals surface area contributed by atoms with Gasteiger partial charge in [0.1, 0.15) is 5.75 Å². The van der Waals surface area contributed by atoms with E-state index in [0.29, 0.717) is 37.5 Å². The Morgan fingerprint density at radius 2 is 1.89 bits per heavy atom. The van der Waals surface area contributed by atoms with E-state index in [1.807, 2.05) is 12.1 Å². The smallest absolute Gasteiger partial charge is 0.257 e. The van der Waals surface area contributed by atoms with Gasteiger partial charge in [0.25, 0.3) is 5.91 Å². The van der Waals surface area contributed by atoms with Gasteiger partial charge in [-0.05, 0) is 12.1 Å². The van der Waals surface area contributed by atoms with Crippen LogP contribution in [0.15, 0.2) is 24.3 Å². The van der Waals surface area contributed by atoms with E-state index in [1.165, 1.54) is 0 Å². The minimum atomic E-state index is -0.0435. The molecule has 5 nitrogen and oxygen atoms in total. The topological polar surface area (TPSA) is 49.9 Å². The number of carbonyl (C=O) groups is 2. The Kier molecular flexibility index (Phi) is 3.82. The minimum absolute atomic E-state index is 0.0435. The highest BCUT2D eigenvalue weighted by Gasteiger charge is 2.23. The van der Waals surface area contributed by atoms with E-state index < -0.39 is 0 Å². The van der Waals surface area contributed by atoms with Crippen molar-refractivity contribution in [2.24, 2.45) is 0 Å². The highest BCUT2D eigenvalue weighted by Crippen LogP contribution is 2.19. The number of piperazine rings is 1. The number of ether oxygens (including phenoxy) is 1. The largest absolute Gasteiger partial charge is 0.496 e. The molecule has 0 spiro atoms. The molecule has 0 bridgehead atoms. The first-order valence-corrected chi connectivity index (χ1v) is 5.88. The average Bonchev–Trinajstić information content (AvgIpc) is 2.46. The van der Waals surface area contributed by atoms with Gasteiger partial charge in [0.05, 0.1) is 12.7 Å². The van der Waals surface area contributed by atoms with Crippen molar-refractivity contribution in [1.82, 2.24) is 9.80 Å². The quantitative estimate of drug-likeness (QED) is 0.736. The van der Waals surface area contributed by atoms with Crippen molar-refractivity contribution < 1.29 is 14.3 Å². The van der Waals surface area contributed by atoms with Crippen LogP contribution in [0, 0.1) is 0 Å². The first kappa shape index (κ1) is 12.4. The molecule has 0 radical (unpaired) electrons. The second-order valence-electron chi connectivity index (χ2n) is 4.13. The molecule has 0 N–H and O–H groups in total. The molecule has 0 saturated carbocycles. The van der Waals surface area contributed by atoms with E-state index in [0.717, 1.165) is 6.41 Å². The Morgan fingerprint density at radius 3 is 2.50 bits per heavy atom. The Morgan fingerprint density at radius 1 is 1.22 bits per heavy atom. The van der Waals surface area contributed by atoms with Crippen LogP contribution in [-0.4, -0.2) is 55.4 Å². The summed E-state index contributed by atoms with van der Waals surface area (Å²) >= 11 is 0. The van der Waals surface area contributed by atoms with Crippen molar-refractivity contribution in [3.63, 3.8) is 0 Å². The third kappa shape index (κ3) is 2.45. The van der Waals surface area contributed by atoms with Crippen LogP contribution < -0.4 is 4.74 Å². The fourth-order valence-electron chi connectivity index (χ4n) is 2.02. The fraction of sp³-hybridized carbons (Fsp3) is 0.385. The molecule has 2 amide bonds. The number of nitrogens with zero attached hydrogens (tertiary/aromatic N) is 2. The Hall–Kier alpha value is -2.04. The van der Waals surface area contributed by atoms with Gasteiger partial charge in [-0.1, -0.05) is 12.1 Å². The van der Waals surface area contributed by atoms with Crippen LogP contribution in [0.3, 0.4) is 0 Å². The average molecular weight is 248 g/mol. The van der Waals surface area contributed by atoms with Crippen LogP contribution in [0.5, 0.6) is 5.75 Å². The molecular weight excluding hydrogens is 232 g/mol. The molecule has 1 aliphatic rings. The van der Waals surface area contributed by atoms with E-state index >= 15 is 0 Å². The summed E-state index contributed by atoms with van der Waals surface area (Å²) in [6.07, 6.45) is 0.824. The lowest BCUT2D eigenvalue weighted by Crippen LogP contribution is -2.48. The Bertz CT molecular complexity index is 440. The molecule has 1 saturated heterocycles. The molecule has 1 fully saturated rings. The first-order valence-electron chi connectivity index (χ1n) is 5.88. The summed E-state index contributed by atoms with van der Waals surface area (Å²) in [6, 6.07) is 7.18. The van der Waals surface area contributed by atoms with Crippen molar-refractivity contribution in [1.29, 1.82) is 0 Å². The van der Waals surface area contributed by atoms with Crippen molar-refractivity contribution >= 4 is 12.3 Å². The first-order chi connectivity index (χ1) is 8.76. The number of hydrogen-bond acceptors (Lipinski definition) is 3.